The zero-order chi connectivity index (χ0) is 14.1. The minimum Gasteiger partial charge on any atom is -0.396 e. The van der Waals surface area contributed by atoms with Crippen LogP contribution in [0, 0.1) is 13.8 Å². The van der Waals surface area contributed by atoms with Crippen LogP contribution < -0.4 is 11.1 Å². The number of hydrogen-bond donors (Lipinski definition) is 2. The Kier molecular flexibility index (Phi) is 3.03. The minimum atomic E-state index is 0.731. The molecule has 1 aromatic heterocycles. The van der Waals surface area contributed by atoms with Crippen molar-refractivity contribution in [3.05, 3.63) is 59.8 Å². The van der Waals surface area contributed by atoms with Crippen LogP contribution in [0.25, 0.3) is 10.9 Å². The van der Waals surface area contributed by atoms with E-state index in [0.29, 0.717) is 0 Å². The third-order valence-corrected chi connectivity index (χ3v) is 3.33. The van der Waals surface area contributed by atoms with E-state index in [9.17, 15) is 0 Å². The number of nitrogens with one attached hydrogen (secondary N) is 1. The van der Waals surface area contributed by atoms with Gasteiger partial charge in [-0.1, -0.05) is 6.07 Å². The lowest BCUT2D eigenvalue weighted by molar-refractivity contribution is 1.37. The quantitative estimate of drug-likeness (QED) is 0.682. The van der Waals surface area contributed by atoms with Crippen LogP contribution in [0.5, 0.6) is 0 Å². The summed E-state index contributed by atoms with van der Waals surface area (Å²) in [5, 5.41) is 4.37. The molecule has 0 saturated carbocycles. The average molecular weight is 263 g/mol. The van der Waals surface area contributed by atoms with E-state index < -0.39 is 0 Å². The molecule has 0 bridgehead atoms. The first kappa shape index (κ1) is 12.5. The van der Waals surface area contributed by atoms with Crippen molar-refractivity contribution in [2.24, 2.45) is 0 Å². The first-order valence-electron chi connectivity index (χ1n) is 6.62. The average Bonchev–Trinajstić information content (AvgIpc) is 2.41. The van der Waals surface area contributed by atoms with E-state index in [1.54, 1.807) is 6.20 Å². The third kappa shape index (κ3) is 2.30. The summed E-state index contributed by atoms with van der Waals surface area (Å²) in [7, 11) is 0. The van der Waals surface area contributed by atoms with Crippen LogP contribution in [0.1, 0.15) is 11.1 Å². The highest BCUT2D eigenvalue weighted by Gasteiger charge is 2.05. The number of hydrogen-bond acceptors (Lipinski definition) is 3. The topological polar surface area (TPSA) is 50.9 Å². The Morgan fingerprint density at radius 2 is 1.75 bits per heavy atom. The fraction of sp³-hybridized carbons (Fsp3) is 0.118. The van der Waals surface area contributed by atoms with Gasteiger partial charge in [0.25, 0.3) is 0 Å². The molecule has 0 amide bonds. The highest BCUT2D eigenvalue weighted by atomic mass is 14.9. The fourth-order valence-corrected chi connectivity index (χ4v) is 2.49. The Hall–Kier alpha value is -2.55. The van der Waals surface area contributed by atoms with Crippen molar-refractivity contribution in [1.29, 1.82) is 0 Å². The SMILES string of the molecule is Cc1cc(C)cc(Nc2ccc3ncccc3c2N)c1. The smallest absolute Gasteiger partial charge is 0.0724 e. The van der Waals surface area contributed by atoms with E-state index in [0.717, 1.165) is 28.0 Å². The van der Waals surface area contributed by atoms with Gasteiger partial charge >= 0.3 is 0 Å². The highest BCUT2D eigenvalue weighted by Crippen LogP contribution is 2.30. The van der Waals surface area contributed by atoms with Crippen LogP contribution in [0.2, 0.25) is 0 Å². The van der Waals surface area contributed by atoms with Gasteiger partial charge in [0.1, 0.15) is 0 Å². The molecule has 0 aliphatic carbocycles. The van der Waals surface area contributed by atoms with E-state index in [-0.39, 0.29) is 0 Å². The molecule has 0 fully saturated rings. The van der Waals surface area contributed by atoms with Gasteiger partial charge < -0.3 is 11.1 Å². The second-order valence-electron chi connectivity index (χ2n) is 5.10. The van der Waals surface area contributed by atoms with Gasteiger partial charge in [-0.05, 0) is 61.4 Å². The molecule has 0 saturated heterocycles. The number of fused-ring (bicyclic) bond motifs is 1. The highest BCUT2D eigenvalue weighted by molar-refractivity contribution is 5.97. The molecule has 20 heavy (non-hydrogen) atoms. The predicted octanol–water partition coefficient (Wildman–Crippen LogP) is 4.18. The number of nitrogens with zero attached hydrogens (tertiary/aromatic N) is 1. The molecule has 1 heterocycles. The minimum absolute atomic E-state index is 0.731. The van der Waals surface area contributed by atoms with Gasteiger partial charge in [0, 0.05) is 17.3 Å². The molecule has 100 valence electrons. The molecule has 0 atom stereocenters. The maximum Gasteiger partial charge on any atom is 0.0724 e. The summed E-state index contributed by atoms with van der Waals surface area (Å²) in [6, 6.07) is 14.2. The van der Waals surface area contributed by atoms with Crippen LogP contribution in [0.3, 0.4) is 0 Å². The van der Waals surface area contributed by atoms with Gasteiger partial charge in [0.2, 0.25) is 0 Å². The van der Waals surface area contributed by atoms with Crippen molar-refractivity contribution >= 4 is 28.0 Å². The van der Waals surface area contributed by atoms with Crippen LogP contribution >= 0.6 is 0 Å². The zero-order valence-electron chi connectivity index (χ0n) is 11.6. The lowest BCUT2D eigenvalue weighted by atomic mass is 10.1. The summed E-state index contributed by atoms with van der Waals surface area (Å²) in [6.07, 6.45) is 1.78. The molecular formula is C17H17N3. The Labute approximate surface area is 118 Å². The van der Waals surface area contributed by atoms with E-state index in [1.807, 2.05) is 24.3 Å². The van der Waals surface area contributed by atoms with Crippen molar-refractivity contribution in [2.75, 3.05) is 11.1 Å². The number of benzene rings is 2. The molecular weight excluding hydrogens is 246 g/mol. The van der Waals surface area contributed by atoms with Gasteiger partial charge in [0.05, 0.1) is 16.9 Å². The van der Waals surface area contributed by atoms with Crippen molar-refractivity contribution in [1.82, 2.24) is 4.98 Å². The Morgan fingerprint density at radius 3 is 2.50 bits per heavy atom. The van der Waals surface area contributed by atoms with Gasteiger partial charge in [0.15, 0.2) is 0 Å². The van der Waals surface area contributed by atoms with Crippen molar-refractivity contribution < 1.29 is 0 Å². The maximum atomic E-state index is 6.24. The number of aromatic nitrogens is 1. The monoisotopic (exact) mass is 263 g/mol. The summed E-state index contributed by atoms with van der Waals surface area (Å²) < 4.78 is 0. The fourth-order valence-electron chi connectivity index (χ4n) is 2.49. The first-order chi connectivity index (χ1) is 9.63. The number of nitrogens with two attached hydrogens (primary N) is 1. The van der Waals surface area contributed by atoms with E-state index in [2.05, 4.69) is 42.3 Å². The molecule has 0 aliphatic heterocycles. The molecule has 0 spiro atoms. The second-order valence-corrected chi connectivity index (χ2v) is 5.10. The summed E-state index contributed by atoms with van der Waals surface area (Å²) >= 11 is 0. The lowest BCUT2D eigenvalue weighted by Crippen LogP contribution is -1.98. The second kappa shape index (κ2) is 4.85. The maximum absolute atomic E-state index is 6.24. The van der Waals surface area contributed by atoms with Crippen LogP contribution in [-0.2, 0) is 0 Å². The predicted molar refractivity (Wildman–Crippen MR) is 85.4 cm³/mol. The molecule has 3 aromatic rings. The molecule has 3 heteroatoms. The summed E-state index contributed by atoms with van der Waals surface area (Å²) in [6.45, 7) is 4.18. The number of nitrogen functional groups attached to an aromatic ring is 1. The summed E-state index contributed by atoms with van der Waals surface area (Å²) in [5.41, 5.74) is 12.3. The largest absolute Gasteiger partial charge is 0.396 e. The Bertz CT molecular complexity index is 758. The van der Waals surface area contributed by atoms with E-state index in [1.165, 1.54) is 11.1 Å². The van der Waals surface area contributed by atoms with Crippen LogP contribution in [0.4, 0.5) is 17.1 Å². The number of aryl methyl sites for hydroxylation is 2. The molecule has 2 aromatic carbocycles. The van der Waals surface area contributed by atoms with Gasteiger partial charge in [-0.25, -0.2) is 0 Å². The zero-order valence-corrected chi connectivity index (χ0v) is 11.6. The molecule has 0 radical (unpaired) electrons. The molecule has 0 aliphatic rings. The van der Waals surface area contributed by atoms with E-state index >= 15 is 0 Å². The Morgan fingerprint density at radius 1 is 1.00 bits per heavy atom. The van der Waals surface area contributed by atoms with Gasteiger partial charge in [-0.3, -0.25) is 4.98 Å². The number of rotatable bonds is 2. The lowest BCUT2D eigenvalue weighted by Gasteiger charge is -2.12. The molecule has 3 N–H and O–H groups in total. The molecule has 3 rings (SSSR count). The van der Waals surface area contributed by atoms with Crippen LogP contribution in [-0.4, -0.2) is 4.98 Å². The standard InChI is InChI=1S/C17H17N3/c1-11-8-12(2)10-13(9-11)20-16-6-5-15-14(17(16)18)4-3-7-19-15/h3-10,20H,18H2,1-2H3. The molecule has 0 unspecified atom stereocenters. The Balaban J connectivity index is 2.04. The van der Waals surface area contributed by atoms with Gasteiger partial charge in [-0.2, -0.15) is 0 Å². The summed E-state index contributed by atoms with van der Waals surface area (Å²) in [5.74, 6) is 0. The third-order valence-electron chi connectivity index (χ3n) is 3.33. The van der Waals surface area contributed by atoms with Crippen molar-refractivity contribution in [3.8, 4) is 0 Å². The molecule has 3 nitrogen and oxygen atoms in total. The van der Waals surface area contributed by atoms with Crippen LogP contribution in [0.15, 0.2) is 48.7 Å². The van der Waals surface area contributed by atoms with Crippen molar-refractivity contribution in [2.45, 2.75) is 13.8 Å². The normalized spacial score (nSPS) is 10.7. The van der Waals surface area contributed by atoms with E-state index in [4.69, 9.17) is 5.73 Å². The summed E-state index contributed by atoms with van der Waals surface area (Å²) in [4.78, 5) is 4.31. The number of pyridine rings is 1. The first-order valence-corrected chi connectivity index (χ1v) is 6.62. The van der Waals surface area contributed by atoms with Gasteiger partial charge in [-0.15, -0.1) is 0 Å². The van der Waals surface area contributed by atoms with Crippen molar-refractivity contribution in [3.63, 3.8) is 0 Å². The number of anilines is 3.